The number of aromatic nitrogens is 2. The number of hydrogen-bond donors (Lipinski definition) is 4. The summed E-state index contributed by atoms with van der Waals surface area (Å²) in [6.45, 7) is -0.418. The van der Waals surface area contributed by atoms with Crippen molar-refractivity contribution in [1.82, 2.24) is 9.55 Å². The van der Waals surface area contributed by atoms with Gasteiger partial charge in [0.2, 0.25) is 0 Å². The molecular formula is C9H12BrN3O7P+. The number of ether oxygens (including phenoxy) is 1. The molecule has 0 amide bonds. The van der Waals surface area contributed by atoms with Crippen molar-refractivity contribution in [3.8, 4) is 0 Å². The molecule has 10 nitrogen and oxygen atoms in total. The maximum Gasteiger partial charge on any atom is 0.694 e. The predicted molar refractivity (Wildman–Crippen MR) is 72.3 cm³/mol. The lowest BCUT2D eigenvalue weighted by Gasteiger charge is -2.17. The van der Waals surface area contributed by atoms with Gasteiger partial charge in [0.25, 0.3) is 0 Å². The summed E-state index contributed by atoms with van der Waals surface area (Å²) < 4.78 is 21.5. The lowest BCUT2D eigenvalue weighted by Crippen LogP contribution is -2.36. The molecule has 1 aromatic heterocycles. The third kappa shape index (κ3) is 3.46. The first kappa shape index (κ1) is 16.4. The first-order valence-electron chi connectivity index (χ1n) is 5.66. The number of aliphatic hydroxyl groups excluding tert-OH is 2. The Morgan fingerprint density at radius 3 is 2.81 bits per heavy atom. The molecule has 2 heterocycles. The number of hydrogen-bond acceptors (Lipinski definition) is 8. The topological polar surface area (TPSA) is 157 Å². The van der Waals surface area contributed by atoms with Gasteiger partial charge in [0.05, 0.1) is 4.47 Å². The van der Waals surface area contributed by atoms with Gasteiger partial charge in [-0.15, -0.1) is 9.42 Å². The molecule has 0 spiro atoms. The predicted octanol–water partition coefficient (Wildman–Crippen LogP) is -1.13. The van der Waals surface area contributed by atoms with Gasteiger partial charge >= 0.3 is 13.9 Å². The van der Waals surface area contributed by atoms with Gasteiger partial charge in [-0.3, -0.25) is 4.57 Å². The van der Waals surface area contributed by atoms with Gasteiger partial charge in [-0.05, 0) is 15.9 Å². The first-order chi connectivity index (χ1) is 9.81. The van der Waals surface area contributed by atoms with Crippen molar-refractivity contribution in [1.29, 1.82) is 0 Å². The van der Waals surface area contributed by atoms with E-state index in [1.54, 1.807) is 0 Å². The number of rotatable bonds is 4. The minimum atomic E-state index is -2.86. The molecule has 1 aliphatic rings. The smallest absolute Gasteiger partial charge is 0.387 e. The second-order valence-electron chi connectivity index (χ2n) is 4.24. The number of aliphatic hydroxyl groups is 2. The maximum absolute atomic E-state index is 11.8. The highest BCUT2D eigenvalue weighted by Gasteiger charge is 2.45. The highest BCUT2D eigenvalue weighted by atomic mass is 79.9. The molecule has 1 saturated heterocycles. The summed E-state index contributed by atoms with van der Waals surface area (Å²) in [5.74, 6) is -0.0264. The normalized spacial score (nSPS) is 29.6. The van der Waals surface area contributed by atoms with Crippen LogP contribution in [0.25, 0.3) is 0 Å². The molecule has 5 atom stereocenters. The molecule has 0 aliphatic carbocycles. The molecule has 116 valence electrons. The van der Waals surface area contributed by atoms with Crippen LogP contribution in [0.3, 0.4) is 0 Å². The minimum absolute atomic E-state index is 0.0264. The van der Waals surface area contributed by atoms with Crippen molar-refractivity contribution in [3.63, 3.8) is 0 Å². The zero-order valence-electron chi connectivity index (χ0n) is 10.4. The van der Waals surface area contributed by atoms with E-state index in [0.717, 1.165) is 4.57 Å². The molecule has 0 aromatic carbocycles. The highest BCUT2D eigenvalue weighted by Crippen LogP contribution is 2.31. The van der Waals surface area contributed by atoms with Gasteiger partial charge in [0.1, 0.15) is 30.7 Å². The van der Waals surface area contributed by atoms with Crippen molar-refractivity contribution in [3.05, 3.63) is 21.2 Å². The van der Waals surface area contributed by atoms with Crippen LogP contribution in [0.5, 0.6) is 0 Å². The maximum atomic E-state index is 11.8. The van der Waals surface area contributed by atoms with E-state index in [2.05, 4.69) is 25.4 Å². The SMILES string of the molecule is Nc1nc(=O)n([C@@H]2O[C@H](CO[P+](=O)O)[C@@H](O)[C@H]2O)cc1Br. The molecule has 12 heteroatoms. The number of nitrogens with two attached hydrogens (primary N) is 1. The Morgan fingerprint density at radius 2 is 2.19 bits per heavy atom. The molecule has 0 radical (unpaired) electrons. The highest BCUT2D eigenvalue weighted by molar-refractivity contribution is 9.10. The fourth-order valence-corrected chi connectivity index (χ4v) is 2.46. The summed E-state index contributed by atoms with van der Waals surface area (Å²) in [4.78, 5) is 23.8. The van der Waals surface area contributed by atoms with E-state index in [-0.39, 0.29) is 5.82 Å². The Morgan fingerprint density at radius 1 is 1.52 bits per heavy atom. The van der Waals surface area contributed by atoms with Gasteiger partial charge in [-0.2, -0.15) is 4.98 Å². The molecule has 1 aliphatic heterocycles. The molecule has 21 heavy (non-hydrogen) atoms. The van der Waals surface area contributed by atoms with Crippen molar-refractivity contribution in [2.24, 2.45) is 0 Å². The second-order valence-corrected chi connectivity index (χ2v) is 5.83. The van der Waals surface area contributed by atoms with Gasteiger partial charge in [-0.1, -0.05) is 0 Å². The van der Waals surface area contributed by atoms with Crippen LogP contribution >= 0.6 is 24.2 Å². The quantitative estimate of drug-likeness (QED) is 0.471. The third-order valence-corrected chi connectivity index (χ3v) is 3.88. The molecule has 1 unspecified atom stereocenters. The van der Waals surface area contributed by atoms with E-state index in [9.17, 15) is 19.6 Å². The zero-order valence-corrected chi connectivity index (χ0v) is 12.8. The van der Waals surface area contributed by atoms with Crippen molar-refractivity contribution < 1.29 is 28.9 Å². The van der Waals surface area contributed by atoms with Crippen LogP contribution in [0.15, 0.2) is 15.5 Å². The number of nitrogens with zero attached hydrogens (tertiary/aromatic N) is 2. The van der Waals surface area contributed by atoms with Crippen LogP contribution in [-0.4, -0.2) is 49.6 Å². The van der Waals surface area contributed by atoms with Gasteiger partial charge in [0.15, 0.2) is 6.23 Å². The van der Waals surface area contributed by atoms with Gasteiger partial charge < -0.3 is 20.7 Å². The Hall–Kier alpha value is -0.940. The number of halogens is 1. The summed E-state index contributed by atoms with van der Waals surface area (Å²) in [5.41, 5.74) is 4.68. The minimum Gasteiger partial charge on any atom is -0.387 e. The van der Waals surface area contributed by atoms with E-state index < -0.39 is 45.1 Å². The molecule has 2 rings (SSSR count). The van der Waals surface area contributed by atoms with Crippen molar-refractivity contribution >= 4 is 30.0 Å². The van der Waals surface area contributed by atoms with E-state index in [1.807, 2.05) is 0 Å². The molecule has 1 fully saturated rings. The molecule has 1 aromatic rings. The van der Waals surface area contributed by atoms with E-state index in [4.69, 9.17) is 15.4 Å². The lowest BCUT2D eigenvalue weighted by atomic mass is 10.1. The summed E-state index contributed by atoms with van der Waals surface area (Å²) in [7, 11) is -2.86. The Kier molecular flexibility index (Phi) is 5.04. The molecule has 5 N–H and O–H groups in total. The average molecular weight is 385 g/mol. The fourth-order valence-electron chi connectivity index (χ4n) is 1.87. The third-order valence-electron chi connectivity index (χ3n) is 2.89. The van der Waals surface area contributed by atoms with E-state index in [1.165, 1.54) is 6.20 Å². The molecule has 0 saturated carbocycles. The number of anilines is 1. The standard InChI is InChI=1S/C9H11BrN3O7P/c10-3-1-13(9(16)12-7(3)11)8-6(15)5(14)4(20-8)2-19-21(17)18/h1,4-6,8,14-15H,2H2,(H2-,11,12,16,17,18)/p+1/t4-,5-,6-,8-/m1/s1. The van der Waals surface area contributed by atoms with Crippen molar-refractivity contribution in [2.75, 3.05) is 12.3 Å². The van der Waals surface area contributed by atoms with Crippen LogP contribution in [0.4, 0.5) is 5.82 Å². The summed E-state index contributed by atoms with van der Waals surface area (Å²) in [5, 5.41) is 19.7. The Balaban J connectivity index is 2.23. The van der Waals surface area contributed by atoms with Crippen LogP contribution in [0.1, 0.15) is 6.23 Å². The van der Waals surface area contributed by atoms with Gasteiger partial charge in [0, 0.05) is 10.8 Å². The summed E-state index contributed by atoms with van der Waals surface area (Å²) in [6, 6.07) is 0. The van der Waals surface area contributed by atoms with E-state index >= 15 is 0 Å². The second kappa shape index (κ2) is 6.44. The fraction of sp³-hybridized carbons (Fsp3) is 0.556. The summed E-state index contributed by atoms with van der Waals surface area (Å²) in [6.07, 6.45) is -3.86. The number of nitrogen functional groups attached to an aromatic ring is 1. The largest absolute Gasteiger partial charge is 0.694 e. The zero-order chi connectivity index (χ0) is 15.7. The molecular weight excluding hydrogens is 373 g/mol. The summed E-state index contributed by atoms with van der Waals surface area (Å²) >= 11 is 3.08. The van der Waals surface area contributed by atoms with Crippen LogP contribution in [-0.2, 0) is 13.8 Å². The Bertz CT molecular complexity index is 611. The van der Waals surface area contributed by atoms with Crippen molar-refractivity contribution in [2.45, 2.75) is 24.5 Å². The molecule has 0 bridgehead atoms. The van der Waals surface area contributed by atoms with Gasteiger partial charge in [-0.25, -0.2) is 4.79 Å². The van der Waals surface area contributed by atoms with Crippen LogP contribution in [0, 0.1) is 0 Å². The monoisotopic (exact) mass is 384 g/mol. The first-order valence-corrected chi connectivity index (χ1v) is 7.58. The van der Waals surface area contributed by atoms with E-state index in [0.29, 0.717) is 4.47 Å². The Labute approximate surface area is 127 Å². The van der Waals surface area contributed by atoms with Crippen LogP contribution in [0.2, 0.25) is 0 Å². The van der Waals surface area contributed by atoms with Crippen LogP contribution < -0.4 is 11.4 Å². The average Bonchev–Trinajstić information content (AvgIpc) is 2.68. The lowest BCUT2D eigenvalue weighted by molar-refractivity contribution is -0.0517.